The first-order valence-electron chi connectivity index (χ1n) is 6.95. The summed E-state index contributed by atoms with van der Waals surface area (Å²) >= 11 is 0. The molecule has 2 heterocycles. The average molecular weight is 247 g/mol. The highest BCUT2D eigenvalue weighted by Crippen LogP contribution is 2.36. The standard InChI is InChI=1S/C15H21NO2/c1-11-8-12(10-13-4-2-3-5-16-13)15-14(9-11)17-6-7-18-15/h8-9,13,16H,2-7,10H2,1H3. The van der Waals surface area contributed by atoms with Gasteiger partial charge in [-0.05, 0) is 49.9 Å². The zero-order valence-corrected chi connectivity index (χ0v) is 11.0. The van der Waals surface area contributed by atoms with E-state index in [0.29, 0.717) is 19.3 Å². The van der Waals surface area contributed by atoms with Gasteiger partial charge in [0.15, 0.2) is 11.5 Å². The minimum absolute atomic E-state index is 0.593. The Labute approximate surface area is 108 Å². The Morgan fingerprint density at radius 2 is 2.11 bits per heavy atom. The summed E-state index contributed by atoms with van der Waals surface area (Å²) in [5.41, 5.74) is 2.55. The molecule has 0 radical (unpaired) electrons. The molecule has 1 aromatic carbocycles. The number of ether oxygens (including phenoxy) is 2. The van der Waals surface area contributed by atoms with Gasteiger partial charge in [-0.15, -0.1) is 0 Å². The molecule has 3 heteroatoms. The van der Waals surface area contributed by atoms with Gasteiger partial charge in [-0.1, -0.05) is 12.5 Å². The summed E-state index contributed by atoms with van der Waals surface area (Å²) in [4.78, 5) is 0. The molecule has 3 nitrogen and oxygen atoms in total. The van der Waals surface area contributed by atoms with Crippen molar-refractivity contribution in [3.8, 4) is 11.5 Å². The van der Waals surface area contributed by atoms with Gasteiger partial charge < -0.3 is 14.8 Å². The Morgan fingerprint density at radius 3 is 2.94 bits per heavy atom. The fourth-order valence-electron chi connectivity index (χ4n) is 2.89. The summed E-state index contributed by atoms with van der Waals surface area (Å²) in [7, 11) is 0. The molecule has 2 aliphatic rings. The highest BCUT2D eigenvalue weighted by Gasteiger charge is 2.20. The van der Waals surface area contributed by atoms with Gasteiger partial charge in [-0.3, -0.25) is 0 Å². The highest BCUT2D eigenvalue weighted by atomic mass is 16.6. The van der Waals surface area contributed by atoms with Crippen LogP contribution in [0.15, 0.2) is 12.1 Å². The van der Waals surface area contributed by atoms with Crippen molar-refractivity contribution in [1.29, 1.82) is 0 Å². The van der Waals surface area contributed by atoms with Crippen LogP contribution in [-0.2, 0) is 6.42 Å². The fourth-order valence-corrected chi connectivity index (χ4v) is 2.89. The van der Waals surface area contributed by atoms with Crippen molar-refractivity contribution < 1.29 is 9.47 Å². The molecule has 1 atom stereocenters. The molecule has 1 fully saturated rings. The summed E-state index contributed by atoms with van der Waals surface area (Å²) in [5, 5.41) is 3.60. The number of fused-ring (bicyclic) bond motifs is 1. The maximum Gasteiger partial charge on any atom is 0.164 e. The number of hydrogen-bond donors (Lipinski definition) is 1. The highest BCUT2D eigenvalue weighted by molar-refractivity contribution is 5.50. The Bertz CT molecular complexity index is 425. The van der Waals surface area contributed by atoms with Crippen molar-refractivity contribution >= 4 is 0 Å². The predicted octanol–water partition coefficient (Wildman–Crippen LogP) is 2.45. The number of hydrogen-bond acceptors (Lipinski definition) is 3. The lowest BCUT2D eigenvalue weighted by molar-refractivity contribution is 0.169. The summed E-state index contributed by atoms with van der Waals surface area (Å²) in [5.74, 6) is 1.89. The SMILES string of the molecule is Cc1cc(CC2CCCCN2)c2c(c1)OCCO2. The molecule has 0 aliphatic carbocycles. The van der Waals surface area contributed by atoms with E-state index in [1.807, 2.05) is 0 Å². The van der Waals surface area contributed by atoms with Crippen molar-refractivity contribution in [2.75, 3.05) is 19.8 Å². The summed E-state index contributed by atoms with van der Waals surface area (Å²) in [6.07, 6.45) is 4.96. The van der Waals surface area contributed by atoms with Crippen molar-refractivity contribution in [2.45, 2.75) is 38.6 Å². The Morgan fingerprint density at radius 1 is 1.22 bits per heavy atom. The van der Waals surface area contributed by atoms with Crippen LogP contribution in [0.3, 0.4) is 0 Å². The van der Waals surface area contributed by atoms with Gasteiger partial charge in [0.2, 0.25) is 0 Å². The molecule has 3 rings (SSSR count). The Hall–Kier alpha value is -1.22. The topological polar surface area (TPSA) is 30.5 Å². The van der Waals surface area contributed by atoms with Gasteiger partial charge in [0, 0.05) is 6.04 Å². The number of nitrogens with one attached hydrogen (secondary N) is 1. The van der Waals surface area contributed by atoms with Crippen LogP contribution in [0, 0.1) is 6.92 Å². The molecule has 1 N–H and O–H groups in total. The monoisotopic (exact) mass is 247 g/mol. The van der Waals surface area contributed by atoms with E-state index in [2.05, 4.69) is 24.4 Å². The second-order valence-corrected chi connectivity index (χ2v) is 5.30. The van der Waals surface area contributed by atoms with Crippen LogP contribution in [0.1, 0.15) is 30.4 Å². The lowest BCUT2D eigenvalue weighted by Gasteiger charge is -2.26. The van der Waals surface area contributed by atoms with Crippen molar-refractivity contribution in [2.24, 2.45) is 0 Å². The van der Waals surface area contributed by atoms with E-state index in [1.165, 1.54) is 30.4 Å². The van der Waals surface area contributed by atoms with Gasteiger partial charge in [-0.25, -0.2) is 0 Å². The van der Waals surface area contributed by atoms with Gasteiger partial charge >= 0.3 is 0 Å². The summed E-state index contributed by atoms with van der Waals surface area (Å²) < 4.78 is 11.5. The van der Waals surface area contributed by atoms with Crippen molar-refractivity contribution in [3.05, 3.63) is 23.3 Å². The molecule has 0 amide bonds. The van der Waals surface area contributed by atoms with E-state index in [-0.39, 0.29) is 0 Å². The van der Waals surface area contributed by atoms with Crippen LogP contribution in [0.2, 0.25) is 0 Å². The van der Waals surface area contributed by atoms with Gasteiger partial charge in [0.1, 0.15) is 13.2 Å². The van der Waals surface area contributed by atoms with Crippen LogP contribution in [0.5, 0.6) is 11.5 Å². The summed E-state index contributed by atoms with van der Waals surface area (Å²) in [6.45, 7) is 4.60. The molecule has 0 bridgehead atoms. The molecule has 1 unspecified atom stereocenters. The first kappa shape index (κ1) is 11.8. The van der Waals surface area contributed by atoms with Crippen LogP contribution < -0.4 is 14.8 Å². The molecular weight excluding hydrogens is 226 g/mol. The fraction of sp³-hybridized carbons (Fsp3) is 0.600. The normalized spacial score (nSPS) is 22.8. The van der Waals surface area contributed by atoms with E-state index in [9.17, 15) is 0 Å². The van der Waals surface area contributed by atoms with E-state index in [4.69, 9.17) is 9.47 Å². The maximum absolute atomic E-state index is 5.80. The maximum atomic E-state index is 5.80. The van der Waals surface area contributed by atoms with Crippen LogP contribution in [0.25, 0.3) is 0 Å². The first-order valence-corrected chi connectivity index (χ1v) is 6.95. The number of aryl methyl sites for hydroxylation is 1. The lowest BCUT2D eigenvalue weighted by atomic mass is 9.96. The lowest BCUT2D eigenvalue weighted by Crippen LogP contribution is -2.35. The average Bonchev–Trinajstić information content (AvgIpc) is 2.40. The molecule has 0 saturated carbocycles. The third kappa shape index (κ3) is 2.46. The molecule has 1 saturated heterocycles. The Kier molecular flexibility index (Phi) is 3.41. The second kappa shape index (κ2) is 5.19. The van der Waals surface area contributed by atoms with Gasteiger partial charge in [0.25, 0.3) is 0 Å². The molecule has 0 spiro atoms. The van der Waals surface area contributed by atoms with Crippen LogP contribution in [-0.4, -0.2) is 25.8 Å². The molecule has 0 aromatic heterocycles. The molecular formula is C15H21NO2. The van der Waals surface area contributed by atoms with Crippen LogP contribution >= 0.6 is 0 Å². The number of piperidine rings is 1. The number of rotatable bonds is 2. The van der Waals surface area contributed by atoms with E-state index in [0.717, 1.165) is 24.5 Å². The molecule has 1 aromatic rings. The van der Waals surface area contributed by atoms with Crippen molar-refractivity contribution in [1.82, 2.24) is 5.32 Å². The Balaban J connectivity index is 1.83. The van der Waals surface area contributed by atoms with E-state index >= 15 is 0 Å². The van der Waals surface area contributed by atoms with Crippen LogP contribution in [0.4, 0.5) is 0 Å². The minimum atomic E-state index is 0.593. The van der Waals surface area contributed by atoms with E-state index in [1.54, 1.807) is 0 Å². The third-order valence-corrected chi connectivity index (χ3v) is 3.74. The molecule has 18 heavy (non-hydrogen) atoms. The van der Waals surface area contributed by atoms with Crippen molar-refractivity contribution in [3.63, 3.8) is 0 Å². The summed E-state index contributed by atoms with van der Waals surface area (Å²) in [6, 6.07) is 4.91. The van der Waals surface area contributed by atoms with Gasteiger partial charge in [0.05, 0.1) is 0 Å². The quantitative estimate of drug-likeness (QED) is 0.870. The third-order valence-electron chi connectivity index (χ3n) is 3.74. The van der Waals surface area contributed by atoms with Gasteiger partial charge in [-0.2, -0.15) is 0 Å². The second-order valence-electron chi connectivity index (χ2n) is 5.30. The first-order chi connectivity index (χ1) is 8.83. The zero-order valence-electron chi connectivity index (χ0n) is 11.0. The smallest absolute Gasteiger partial charge is 0.164 e. The largest absolute Gasteiger partial charge is 0.486 e. The zero-order chi connectivity index (χ0) is 12.4. The minimum Gasteiger partial charge on any atom is -0.486 e. The van der Waals surface area contributed by atoms with E-state index < -0.39 is 0 Å². The molecule has 2 aliphatic heterocycles. The predicted molar refractivity (Wildman–Crippen MR) is 71.5 cm³/mol. The molecule has 98 valence electrons. The number of benzene rings is 1.